The highest BCUT2D eigenvalue weighted by molar-refractivity contribution is 8.00. The van der Waals surface area contributed by atoms with Crippen LogP contribution in [0.25, 0.3) is 0 Å². The first-order valence-corrected chi connectivity index (χ1v) is 6.79. The highest BCUT2D eigenvalue weighted by atomic mass is 35.5. The number of amides is 1. The number of hydrogen-bond acceptors (Lipinski definition) is 4. The number of carboxylic acids is 1. The van der Waals surface area contributed by atoms with Gasteiger partial charge in [-0.3, -0.25) is 0 Å². The van der Waals surface area contributed by atoms with Crippen LogP contribution < -0.4 is 5.32 Å². The van der Waals surface area contributed by atoms with E-state index in [1.165, 1.54) is 0 Å². The number of alkyl carbamates (subject to hydrolysis) is 1. The van der Waals surface area contributed by atoms with Crippen LogP contribution in [0, 0.1) is 0 Å². The van der Waals surface area contributed by atoms with E-state index in [2.05, 4.69) is 0 Å². The molecule has 9 heteroatoms. The van der Waals surface area contributed by atoms with Gasteiger partial charge in [-0.2, -0.15) is 8.78 Å². The summed E-state index contributed by atoms with van der Waals surface area (Å²) in [7, 11) is 0. The summed E-state index contributed by atoms with van der Waals surface area (Å²) in [4.78, 5) is 22.2. The number of aliphatic carboxylic acids is 1. The third-order valence-electron chi connectivity index (χ3n) is 1.61. The van der Waals surface area contributed by atoms with Crippen molar-refractivity contribution >= 4 is 35.4 Å². The Morgan fingerprint density at radius 3 is 2.32 bits per heavy atom. The van der Waals surface area contributed by atoms with Gasteiger partial charge in [-0.05, 0) is 20.8 Å². The highest BCUT2D eigenvalue weighted by Crippen LogP contribution is 2.30. The number of thioether (sulfide) groups is 1. The van der Waals surface area contributed by atoms with Crippen LogP contribution >= 0.6 is 23.4 Å². The Kier molecular flexibility index (Phi) is 6.85. The maximum absolute atomic E-state index is 12.9. The number of carbonyl (C=O) groups excluding carboxylic acids is 1. The molecule has 1 atom stereocenters. The summed E-state index contributed by atoms with van der Waals surface area (Å²) in [6.45, 7) is 4.79. The van der Waals surface area contributed by atoms with Gasteiger partial charge in [-0.15, -0.1) is 11.6 Å². The van der Waals surface area contributed by atoms with Crippen LogP contribution in [0.15, 0.2) is 0 Å². The normalized spacial score (nSPS) is 13.8. The number of hydrogen-bond donors (Lipinski definition) is 2. The van der Waals surface area contributed by atoms with E-state index >= 15 is 0 Å². The topological polar surface area (TPSA) is 75.6 Å². The molecule has 5 nitrogen and oxygen atoms in total. The summed E-state index contributed by atoms with van der Waals surface area (Å²) in [5, 5.41) is 7.60. The van der Waals surface area contributed by atoms with Crippen molar-refractivity contribution in [2.75, 3.05) is 11.6 Å². The van der Waals surface area contributed by atoms with Crippen LogP contribution in [0.3, 0.4) is 0 Å². The summed E-state index contributed by atoms with van der Waals surface area (Å²) >= 11 is 5.08. The Hall–Kier alpha value is -0.760. The number of ether oxygens (including phenoxy) is 1. The molecule has 0 spiro atoms. The number of alkyl halides is 3. The largest absolute Gasteiger partial charge is 0.480 e. The fourth-order valence-electron chi connectivity index (χ4n) is 0.868. The van der Waals surface area contributed by atoms with E-state index in [0.29, 0.717) is 0 Å². The smallest absolute Gasteiger partial charge is 0.408 e. The second-order valence-electron chi connectivity index (χ2n) is 4.62. The lowest BCUT2D eigenvalue weighted by Crippen LogP contribution is -2.45. The Labute approximate surface area is 119 Å². The molecule has 0 aromatic heterocycles. The van der Waals surface area contributed by atoms with Gasteiger partial charge in [-0.25, -0.2) is 9.59 Å². The van der Waals surface area contributed by atoms with Crippen molar-refractivity contribution in [2.45, 2.75) is 37.7 Å². The molecule has 0 heterocycles. The molecule has 0 unspecified atom stereocenters. The second-order valence-corrected chi connectivity index (χ2v) is 6.11. The maximum atomic E-state index is 12.9. The van der Waals surface area contributed by atoms with Crippen LogP contribution in [-0.4, -0.2) is 45.7 Å². The molecule has 0 aliphatic rings. The van der Waals surface area contributed by atoms with Gasteiger partial charge in [0.15, 0.2) is 0 Å². The molecule has 0 aromatic rings. The minimum atomic E-state index is -3.25. The van der Waals surface area contributed by atoms with Gasteiger partial charge in [-0.1, -0.05) is 11.8 Å². The molecular weight excluding hydrogens is 304 g/mol. The molecule has 0 fully saturated rings. The Morgan fingerprint density at radius 2 is 1.95 bits per heavy atom. The Balaban J connectivity index is 4.43. The molecule has 0 aromatic carbocycles. The molecule has 0 saturated carbocycles. The third kappa shape index (κ3) is 8.88. The van der Waals surface area contributed by atoms with E-state index < -0.39 is 40.6 Å². The Morgan fingerprint density at radius 1 is 1.42 bits per heavy atom. The zero-order chi connectivity index (χ0) is 15.3. The quantitative estimate of drug-likeness (QED) is 0.736. The van der Waals surface area contributed by atoms with Gasteiger partial charge in [0.05, 0.1) is 5.88 Å². The predicted octanol–water partition coefficient (Wildman–Crippen LogP) is 2.53. The Bertz CT molecular complexity index is 336. The van der Waals surface area contributed by atoms with E-state index in [-0.39, 0.29) is 11.8 Å². The van der Waals surface area contributed by atoms with Crippen LogP contribution in [0.1, 0.15) is 20.8 Å². The van der Waals surface area contributed by atoms with Crippen molar-refractivity contribution in [3.8, 4) is 0 Å². The fraction of sp³-hybridized carbons (Fsp3) is 0.800. The van der Waals surface area contributed by atoms with E-state index in [0.717, 1.165) is 0 Å². The highest BCUT2D eigenvalue weighted by Gasteiger charge is 2.32. The van der Waals surface area contributed by atoms with Crippen molar-refractivity contribution < 1.29 is 28.2 Å². The monoisotopic (exact) mass is 319 g/mol. The summed E-state index contributed by atoms with van der Waals surface area (Å²) < 4.78 is 30.6. The van der Waals surface area contributed by atoms with Gasteiger partial charge in [0, 0.05) is 5.75 Å². The zero-order valence-corrected chi connectivity index (χ0v) is 12.3. The van der Waals surface area contributed by atoms with Gasteiger partial charge in [0.1, 0.15) is 11.6 Å². The molecule has 0 bridgehead atoms. The molecule has 112 valence electrons. The maximum Gasteiger partial charge on any atom is 0.408 e. The van der Waals surface area contributed by atoms with Crippen LogP contribution in [-0.2, 0) is 9.53 Å². The van der Waals surface area contributed by atoms with Gasteiger partial charge in [0.2, 0.25) is 0 Å². The number of carboxylic acid groups (broad SMARTS) is 1. The SMILES string of the molecule is CC(C)(C)OC(=O)N[C@@H](CSC(F)(F)CCl)C(=O)O. The van der Waals surface area contributed by atoms with Crippen molar-refractivity contribution in [2.24, 2.45) is 0 Å². The van der Waals surface area contributed by atoms with Gasteiger partial charge >= 0.3 is 17.3 Å². The molecule has 0 rings (SSSR count). The van der Waals surface area contributed by atoms with Crippen LogP contribution in [0.2, 0.25) is 0 Å². The molecule has 0 radical (unpaired) electrons. The van der Waals surface area contributed by atoms with Crippen LogP contribution in [0.5, 0.6) is 0 Å². The summed E-state index contributed by atoms with van der Waals surface area (Å²) in [5.74, 6) is -2.88. The molecule has 0 saturated heterocycles. The lowest BCUT2D eigenvalue weighted by atomic mass is 10.2. The minimum Gasteiger partial charge on any atom is -0.480 e. The molecular formula is C10H16ClF2NO4S. The van der Waals surface area contributed by atoms with E-state index in [4.69, 9.17) is 21.4 Å². The average Bonchev–Trinajstić information content (AvgIpc) is 2.21. The van der Waals surface area contributed by atoms with Crippen molar-refractivity contribution in [3.05, 3.63) is 0 Å². The van der Waals surface area contributed by atoms with E-state index in [1.54, 1.807) is 20.8 Å². The third-order valence-corrected chi connectivity index (χ3v) is 3.17. The molecule has 1 amide bonds. The minimum absolute atomic E-state index is 0.0587. The average molecular weight is 320 g/mol. The van der Waals surface area contributed by atoms with E-state index in [1.807, 2.05) is 5.32 Å². The predicted molar refractivity (Wildman–Crippen MR) is 68.9 cm³/mol. The zero-order valence-electron chi connectivity index (χ0n) is 10.7. The first kappa shape index (κ1) is 18.2. The van der Waals surface area contributed by atoms with Crippen molar-refractivity contribution in [1.82, 2.24) is 5.32 Å². The van der Waals surface area contributed by atoms with Crippen LogP contribution in [0.4, 0.5) is 13.6 Å². The van der Waals surface area contributed by atoms with Gasteiger partial charge < -0.3 is 15.2 Å². The lowest BCUT2D eigenvalue weighted by Gasteiger charge is -2.22. The van der Waals surface area contributed by atoms with E-state index in [9.17, 15) is 18.4 Å². The number of halogens is 3. The first-order valence-electron chi connectivity index (χ1n) is 5.27. The standard InChI is InChI=1S/C10H16ClF2NO4S/c1-9(2,3)18-8(17)14-6(7(15)16)4-19-10(12,13)5-11/h6H,4-5H2,1-3H3,(H,14,17)(H,15,16)/t6-/m0/s1. The molecule has 0 aliphatic heterocycles. The number of carbonyl (C=O) groups is 2. The van der Waals surface area contributed by atoms with Crippen molar-refractivity contribution in [3.63, 3.8) is 0 Å². The fourth-order valence-corrected chi connectivity index (χ4v) is 1.81. The number of nitrogens with one attached hydrogen (secondary N) is 1. The number of rotatable bonds is 6. The molecule has 0 aliphatic carbocycles. The first-order chi connectivity index (χ1) is 8.47. The van der Waals surface area contributed by atoms with Gasteiger partial charge in [0.25, 0.3) is 0 Å². The summed E-state index contributed by atoms with van der Waals surface area (Å²) in [5.41, 5.74) is -0.805. The summed E-state index contributed by atoms with van der Waals surface area (Å²) in [6, 6.07) is -1.48. The second kappa shape index (κ2) is 7.14. The molecule has 19 heavy (non-hydrogen) atoms. The lowest BCUT2D eigenvalue weighted by molar-refractivity contribution is -0.138. The summed E-state index contributed by atoms with van der Waals surface area (Å²) in [6.07, 6.45) is -0.977. The molecule has 2 N–H and O–H groups in total. The van der Waals surface area contributed by atoms with Crippen molar-refractivity contribution in [1.29, 1.82) is 0 Å².